The highest BCUT2D eigenvalue weighted by Gasteiger charge is 2.27. The number of hydrogen-bond acceptors (Lipinski definition) is 6. The molecule has 1 aromatic heterocycles. The fraction of sp³-hybridized carbons (Fsp3) is 0.778. The Morgan fingerprint density at radius 3 is 2.94 bits per heavy atom. The van der Waals surface area contributed by atoms with E-state index in [1.165, 1.54) is 0 Å². The van der Waals surface area contributed by atoms with Crippen molar-refractivity contribution in [1.29, 1.82) is 0 Å². The molecule has 2 heterocycles. The van der Waals surface area contributed by atoms with E-state index in [4.69, 9.17) is 4.52 Å². The molecule has 1 N–H and O–H groups in total. The first-order valence-corrected chi connectivity index (χ1v) is 7.10. The molecule has 0 spiro atoms. The average molecular weight is 245 g/mol. The third-order valence-corrected chi connectivity index (χ3v) is 4.34. The minimum Gasteiger partial charge on any atom is -0.339 e. The van der Waals surface area contributed by atoms with Gasteiger partial charge in [0, 0.05) is 19.0 Å². The molecule has 0 aromatic carbocycles. The molecule has 16 heavy (non-hydrogen) atoms. The molecule has 1 aromatic rings. The van der Waals surface area contributed by atoms with Gasteiger partial charge in [0.25, 0.3) is 0 Å². The number of hydrogen-bond donors (Lipinski definition) is 1. The summed E-state index contributed by atoms with van der Waals surface area (Å²) in [4.78, 5) is 4.07. The lowest BCUT2D eigenvalue weighted by atomic mass is 10.2. The van der Waals surface area contributed by atoms with Gasteiger partial charge in [0.05, 0.1) is 11.5 Å². The van der Waals surface area contributed by atoms with Crippen LogP contribution in [-0.4, -0.2) is 42.7 Å². The Balaban J connectivity index is 1.73. The van der Waals surface area contributed by atoms with Crippen LogP contribution in [0.2, 0.25) is 0 Å². The van der Waals surface area contributed by atoms with Gasteiger partial charge in [-0.15, -0.1) is 0 Å². The van der Waals surface area contributed by atoms with Crippen molar-refractivity contribution in [2.45, 2.75) is 25.8 Å². The van der Waals surface area contributed by atoms with Crippen LogP contribution in [0.25, 0.3) is 0 Å². The highest BCUT2D eigenvalue weighted by molar-refractivity contribution is 7.91. The Labute approximate surface area is 94.3 Å². The van der Waals surface area contributed by atoms with Crippen molar-refractivity contribution >= 4 is 9.84 Å². The van der Waals surface area contributed by atoms with Gasteiger partial charge in [-0.1, -0.05) is 5.16 Å². The summed E-state index contributed by atoms with van der Waals surface area (Å²) < 4.78 is 27.3. The summed E-state index contributed by atoms with van der Waals surface area (Å²) in [6.07, 6.45) is 1.34. The van der Waals surface area contributed by atoms with Crippen molar-refractivity contribution < 1.29 is 12.9 Å². The van der Waals surface area contributed by atoms with Crippen LogP contribution in [0.4, 0.5) is 0 Å². The highest BCUT2D eigenvalue weighted by atomic mass is 32.2. The van der Waals surface area contributed by atoms with Crippen molar-refractivity contribution in [2.24, 2.45) is 0 Å². The summed E-state index contributed by atoms with van der Waals surface area (Å²) in [7, 11) is -2.80. The Hall–Kier alpha value is -0.950. The molecule has 1 saturated heterocycles. The van der Waals surface area contributed by atoms with E-state index in [1.807, 2.05) is 0 Å². The SMILES string of the molecule is Cc1noc(CCNC2CCS(=O)(=O)C2)n1. The molecule has 1 aliphatic rings. The van der Waals surface area contributed by atoms with Crippen LogP contribution in [0.5, 0.6) is 0 Å². The lowest BCUT2D eigenvalue weighted by Crippen LogP contribution is -2.31. The van der Waals surface area contributed by atoms with Crippen molar-refractivity contribution in [3.63, 3.8) is 0 Å². The van der Waals surface area contributed by atoms with Crippen molar-refractivity contribution in [1.82, 2.24) is 15.5 Å². The third kappa shape index (κ3) is 3.02. The molecule has 6 nitrogen and oxygen atoms in total. The first-order chi connectivity index (χ1) is 7.55. The maximum Gasteiger partial charge on any atom is 0.227 e. The number of aryl methyl sites for hydroxylation is 1. The summed E-state index contributed by atoms with van der Waals surface area (Å²) in [5.74, 6) is 1.75. The van der Waals surface area contributed by atoms with E-state index in [-0.39, 0.29) is 11.8 Å². The van der Waals surface area contributed by atoms with Crippen LogP contribution in [0.15, 0.2) is 4.52 Å². The Bertz CT molecular complexity index is 454. The van der Waals surface area contributed by atoms with Crippen LogP contribution in [0.1, 0.15) is 18.1 Å². The molecule has 2 rings (SSSR count). The molecule has 0 amide bonds. The van der Waals surface area contributed by atoms with Gasteiger partial charge in [-0.3, -0.25) is 0 Å². The Morgan fingerprint density at radius 1 is 1.56 bits per heavy atom. The summed E-state index contributed by atoms with van der Waals surface area (Å²) in [5, 5.41) is 6.87. The Kier molecular flexibility index (Phi) is 3.25. The van der Waals surface area contributed by atoms with Gasteiger partial charge in [-0.25, -0.2) is 8.42 Å². The lowest BCUT2D eigenvalue weighted by Gasteiger charge is -2.08. The van der Waals surface area contributed by atoms with Gasteiger partial charge < -0.3 is 9.84 Å². The zero-order valence-electron chi connectivity index (χ0n) is 9.14. The van der Waals surface area contributed by atoms with Crippen molar-refractivity contribution in [3.05, 3.63) is 11.7 Å². The second-order valence-corrected chi connectivity index (χ2v) is 6.27. The van der Waals surface area contributed by atoms with Gasteiger partial charge in [0.1, 0.15) is 0 Å². The quantitative estimate of drug-likeness (QED) is 0.783. The zero-order chi connectivity index (χ0) is 11.6. The maximum absolute atomic E-state index is 11.2. The van der Waals surface area contributed by atoms with E-state index in [9.17, 15) is 8.42 Å². The monoisotopic (exact) mass is 245 g/mol. The fourth-order valence-electron chi connectivity index (χ4n) is 1.78. The zero-order valence-corrected chi connectivity index (χ0v) is 9.96. The number of nitrogens with one attached hydrogen (secondary N) is 1. The summed E-state index contributed by atoms with van der Waals surface area (Å²) >= 11 is 0. The second-order valence-electron chi connectivity index (χ2n) is 4.04. The average Bonchev–Trinajstić information content (AvgIpc) is 2.73. The van der Waals surface area contributed by atoms with E-state index in [1.54, 1.807) is 6.92 Å². The van der Waals surface area contributed by atoms with Crippen LogP contribution >= 0.6 is 0 Å². The van der Waals surface area contributed by atoms with E-state index in [0.29, 0.717) is 36.9 Å². The first kappa shape index (κ1) is 11.5. The van der Waals surface area contributed by atoms with Crippen LogP contribution < -0.4 is 5.32 Å². The molecule has 0 bridgehead atoms. The minimum atomic E-state index is -2.80. The largest absolute Gasteiger partial charge is 0.339 e. The molecule has 7 heteroatoms. The first-order valence-electron chi connectivity index (χ1n) is 5.28. The maximum atomic E-state index is 11.2. The molecule has 90 valence electrons. The highest BCUT2D eigenvalue weighted by Crippen LogP contribution is 2.11. The van der Waals surface area contributed by atoms with E-state index in [0.717, 1.165) is 0 Å². The van der Waals surface area contributed by atoms with E-state index < -0.39 is 9.84 Å². The van der Waals surface area contributed by atoms with Gasteiger partial charge in [0.15, 0.2) is 15.7 Å². The van der Waals surface area contributed by atoms with Crippen LogP contribution in [-0.2, 0) is 16.3 Å². The molecular weight excluding hydrogens is 230 g/mol. The minimum absolute atomic E-state index is 0.0778. The normalized spacial score (nSPS) is 23.7. The van der Waals surface area contributed by atoms with Crippen LogP contribution in [0, 0.1) is 6.92 Å². The molecule has 0 radical (unpaired) electrons. The van der Waals surface area contributed by atoms with Crippen LogP contribution in [0.3, 0.4) is 0 Å². The second kappa shape index (κ2) is 4.50. The summed E-state index contributed by atoms with van der Waals surface area (Å²) in [6.45, 7) is 2.44. The third-order valence-electron chi connectivity index (χ3n) is 2.57. The summed E-state index contributed by atoms with van der Waals surface area (Å²) in [5.41, 5.74) is 0. The van der Waals surface area contributed by atoms with Gasteiger partial charge in [0.2, 0.25) is 5.89 Å². The molecule has 0 saturated carbocycles. The lowest BCUT2D eigenvalue weighted by molar-refractivity contribution is 0.370. The Morgan fingerprint density at radius 2 is 2.38 bits per heavy atom. The predicted octanol–water partition coefficient (Wildman–Crippen LogP) is -0.303. The van der Waals surface area contributed by atoms with E-state index in [2.05, 4.69) is 15.5 Å². The van der Waals surface area contributed by atoms with Gasteiger partial charge in [-0.05, 0) is 13.3 Å². The molecule has 1 aliphatic heterocycles. The molecular formula is C9H15N3O3S. The number of rotatable bonds is 4. The fourth-order valence-corrected chi connectivity index (χ4v) is 3.49. The smallest absolute Gasteiger partial charge is 0.227 e. The standard InChI is InChI=1S/C9H15N3O3S/c1-7-11-9(15-12-7)2-4-10-8-3-5-16(13,14)6-8/h8,10H,2-6H2,1H3. The number of nitrogens with zero attached hydrogens (tertiary/aromatic N) is 2. The number of aromatic nitrogens is 2. The van der Waals surface area contributed by atoms with Gasteiger partial charge in [-0.2, -0.15) is 4.98 Å². The molecule has 1 atom stereocenters. The predicted molar refractivity (Wildman–Crippen MR) is 57.8 cm³/mol. The summed E-state index contributed by atoms with van der Waals surface area (Å²) in [6, 6.07) is 0.0778. The molecule has 1 fully saturated rings. The van der Waals surface area contributed by atoms with Gasteiger partial charge >= 0.3 is 0 Å². The number of sulfone groups is 1. The molecule has 1 unspecified atom stereocenters. The van der Waals surface area contributed by atoms with Crippen molar-refractivity contribution in [3.8, 4) is 0 Å². The van der Waals surface area contributed by atoms with Crippen molar-refractivity contribution in [2.75, 3.05) is 18.1 Å². The van der Waals surface area contributed by atoms with E-state index >= 15 is 0 Å². The molecule has 0 aliphatic carbocycles. The topological polar surface area (TPSA) is 85.1 Å².